The number of carbonyl (C=O) groups is 2. The molecule has 0 spiro atoms. The monoisotopic (exact) mass is 683 g/mol. The molecule has 4 aliphatic rings. The number of aliphatic hydroxyl groups is 1. The minimum atomic E-state index is -3.93. The molecule has 2 saturated carbocycles. The van der Waals surface area contributed by atoms with Crippen LogP contribution in [0.5, 0.6) is 23.1 Å². The van der Waals surface area contributed by atoms with Crippen molar-refractivity contribution in [1.82, 2.24) is 19.9 Å². The lowest BCUT2D eigenvalue weighted by Gasteiger charge is -2.30. The van der Waals surface area contributed by atoms with Crippen LogP contribution in [0, 0.1) is 5.92 Å². The number of alkyl halides is 4. The summed E-state index contributed by atoms with van der Waals surface area (Å²) in [6, 6.07) is 9.86. The zero-order valence-electron chi connectivity index (χ0n) is 25.8. The Morgan fingerprint density at radius 2 is 1.88 bits per heavy atom. The number of amides is 2. The van der Waals surface area contributed by atoms with Crippen LogP contribution >= 0.6 is 0 Å². The number of hydrogen-bond donors (Lipinski definition) is 3. The second-order valence-corrected chi connectivity index (χ2v) is 12.8. The Morgan fingerprint density at radius 3 is 2.55 bits per heavy atom. The van der Waals surface area contributed by atoms with Crippen LogP contribution in [-0.4, -0.2) is 64.5 Å². The molecule has 2 aliphatic carbocycles. The van der Waals surface area contributed by atoms with Gasteiger partial charge in [-0.25, -0.2) is 18.3 Å². The van der Waals surface area contributed by atoms with Gasteiger partial charge in [0.25, 0.3) is 12.3 Å². The summed E-state index contributed by atoms with van der Waals surface area (Å²) in [4.78, 5) is 30.8. The summed E-state index contributed by atoms with van der Waals surface area (Å²) in [6.07, 6.45) is -4.13. The topological polar surface area (TPSA) is 160 Å². The first-order valence-electron chi connectivity index (χ1n) is 15.6. The second kappa shape index (κ2) is 10.7. The van der Waals surface area contributed by atoms with Gasteiger partial charge in [-0.2, -0.15) is 5.10 Å². The maximum atomic E-state index is 14.7. The third-order valence-corrected chi connectivity index (χ3v) is 9.61. The number of halogens is 4. The highest BCUT2D eigenvalue weighted by atomic mass is 19.3. The highest BCUT2D eigenvalue weighted by Gasteiger charge is 2.56. The van der Waals surface area contributed by atoms with Crippen LogP contribution in [0.3, 0.4) is 0 Å². The summed E-state index contributed by atoms with van der Waals surface area (Å²) >= 11 is 0. The standard InChI is InChI=1S/C33H29F4N5O7/c1-46-25-10-17(8-19-11-21(15-2-3-15)41-42(19)25)28(43)39-13-32(45,18-5-6-18)24-12-20-27(47-14-31(20,29(34)35)30(38)44)26(40-24)16-4-7-22-23(9-16)49-33(36,37)48-22/h4,7-12,15,18,29,45H,2-3,5-6,13-14H2,1H3,(H2,38,44)(H,39,43)/t31-,32-/m1/s1. The van der Waals surface area contributed by atoms with Crippen molar-refractivity contribution in [2.24, 2.45) is 11.7 Å². The third kappa shape index (κ3) is 4.99. The number of nitrogens with zero attached hydrogens (tertiary/aromatic N) is 3. The van der Waals surface area contributed by atoms with Gasteiger partial charge in [0.2, 0.25) is 11.8 Å². The predicted molar refractivity (Wildman–Crippen MR) is 161 cm³/mol. The molecule has 2 amide bonds. The average molecular weight is 684 g/mol. The van der Waals surface area contributed by atoms with E-state index in [0.29, 0.717) is 30.2 Å². The molecular weight excluding hydrogens is 654 g/mol. The van der Waals surface area contributed by atoms with Crippen LogP contribution in [0.1, 0.15) is 58.9 Å². The number of nitrogens with two attached hydrogens (primary N) is 1. The first kappa shape index (κ1) is 31.2. The number of ether oxygens (including phenoxy) is 4. The summed E-state index contributed by atoms with van der Waals surface area (Å²) in [6.45, 7) is -1.22. The smallest absolute Gasteiger partial charge is 0.489 e. The van der Waals surface area contributed by atoms with Crippen molar-refractivity contribution in [2.45, 2.75) is 55.3 Å². The molecular formula is C33H29F4N5O7. The number of fused-ring (bicyclic) bond motifs is 3. The Hall–Kier alpha value is -5.12. The molecule has 2 fully saturated rings. The Morgan fingerprint density at radius 1 is 1.12 bits per heavy atom. The number of pyridine rings is 2. The van der Waals surface area contributed by atoms with E-state index in [1.54, 1.807) is 10.6 Å². The zero-order chi connectivity index (χ0) is 34.5. The van der Waals surface area contributed by atoms with E-state index in [4.69, 9.17) is 15.2 Å². The first-order chi connectivity index (χ1) is 23.3. The van der Waals surface area contributed by atoms with Gasteiger partial charge in [0.15, 0.2) is 16.9 Å². The number of carbonyl (C=O) groups excluding carboxylic acids is 2. The van der Waals surface area contributed by atoms with Crippen molar-refractivity contribution in [3.05, 3.63) is 65.0 Å². The summed E-state index contributed by atoms with van der Waals surface area (Å²) in [7, 11) is 1.46. The fourth-order valence-corrected chi connectivity index (χ4v) is 6.55. The summed E-state index contributed by atoms with van der Waals surface area (Å²) in [5.41, 5.74) is 2.26. The van der Waals surface area contributed by atoms with Gasteiger partial charge < -0.3 is 35.1 Å². The van der Waals surface area contributed by atoms with E-state index in [-0.39, 0.29) is 45.3 Å². The summed E-state index contributed by atoms with van der Waals surface area (Å²) < 4.78 is 78.9. The van der Waals surface area contributed by atoms with E-state index in [9.17, 15) is 32.3 Å². The second-order valence-electron chi connectivity index (χ2n) is 12.8. The Kier molecular flexibility index (Phi) is 6.80. The molecule has 16 heteroatoms. The van der Waals surface area contributed by atoms with Crippen LogP contribution in [-0.2, 0) is 15.8 Å². The van der Waals surface area contributed by atoms with Gasteiger partial charge in [-0.15, -0.1) is 8.78 Å². The maximum Gasteiger partial charge on any atom is 0.586 e. The van der Waals surface area contributed by atoms with Crippen LogP contribution in [0.2, 0.25) is 0 Å². The van der Waals surface area contributed by atoms with Gasteiger partial charge in [-0.3, -0.25) is 9.59 Å². The molecule has 0 bridgehead atoms. The number of rotatable bonds is 10. The Bertz CT molecular complexity index is 2050. The number of primary amides is 1. The van der Waals surface area contributed by atoms with E-state index in [1.165, 1.54) is 25.3 Å². The number of methoxy groups -OCH3 is 1. The van der Waals surface area contributed by atoms with Crippen molar-refractivity contribution >= 4 is 17.3 Å². The van der Waals surface area contributed by atoms with Crippen LogP contribution in [0.4, 0.5) is 17.6 Å². The van der Waals surface area contributed by atoms with Gasteiger partial charge in [0, 0.05) is 28.7 Å². The van der Waals surface area contributed by atoms with Crippen molar-refractivity contribution in [1.29, 1.82) is 0 Å². The zero-order valence-corrected chi connectivity index (χ0v) is 25.8. The average Bonchev–Trinajstić information content (AvgIpc) is 3.99. The van der Waals surface area contributed by atoms with Gasteiger partial charge in [-0.1, -0.05) is 0 Å². The SMILES string of the molecule is COc1cc(C(=O)NC[C@](O)(c2cc3c(c(-c4ccc5c(c4)OC(F)(F)O5)n2)OC[C@]3(C(N)=O)C(F)F)C2CC2)cc2cc(C3CC3)nn12. The fourth-order valence-electron chi connectivity index (χ4n) is 6.55. The highest BCUT2D eigenvalue weighted by Crippen LogP contribution is 2.52. The van der Waals surface area contributed by atoms with Crippen molar-refractivity contribution in [3.63, 3.8) is 0 Å². The normalized spacial score (nSPS) is 21.7. The predicted octanol–water partition coefficient (Wildman–Crippen LogP) is 4.01. The lowest BCUT2D eigenvalue weighted by Crippen LogP contribution is -2.49. The molecule has 256 valence electrons. The molecule has 2 aliphatic heterocycles. The minimum absolute atomic E-state index is 0.0849. The van der Waals surface area contributed by atoms with E-state index >= 15 is 0 Å². The molecule has 0 saturated heterocycles. The van der Waals surface area contributed by atoms with Gasteiger partial charge in [-0.05, 0) is 68.0 Å². The Balaban J connectivity index is 1.19. The number of benzene rings is 1. The van der Waals surface area contributed by atoms with Gasteiger partial charge >= 0.3 is 6.29 Å². The first-order valence-corrected chi connectivity index (χ1v) is 15.6. The molecule has 2 atom stereocenters. The number of nitrogens with one attached hydrogen (secondary N) is 1. The quantitative estimate of drug-likeness (QED) is 0.210. The van der Waals surface area contributed by atoms with E-state index in [0.717, 1.165) is 30.7 Å². The summed E-state index contributed by atoms with van der Waals surface area (Å²) in [5, 5.41) is 19.6. The molecule has 5 heterocycles. The molecule has 4 N–H and O–H groups in total. The summed E-state index contributed by atoms with van der Waals surface area (Å²) in [5.74, 6) is -2.55. The van der Waals surface area contributed by atoms with E-state index < -0.39 is 54.6 Å². The van der Waals surface area contributed by atoms with Crippen molar-refractivity contribution in [3.8, 4) is 34.4 Å². The molecule has 8 rings (SSSR count). The molecule has 0 radical (unpaired) electrons. The largest absolute Gasteiger partial charge is 0.586 e. The van der Waals surface area contributed by atoms with Crippen LogP contribution in [0.15, 0.2) is 42.5 Å². The van der Waals surface area contributed by atoms with E-state index in [2.05, 4.69) is 24.9 Å². The van der Waals surface area contributed by atoms with Gasteiger partial charge in [0.05, 0.1) is 30.6 Å². The maximum absolute atomic E-state index is 14.7. The molecule has 1 aromatic carbocycles. The lowest BCUT2D eigenvalue weighted by molar-refractivity contribution is -0.286. The molecule has 12 nitrogen and oxygen atoms in total. The van der Waals surface area contributed by atoms with E-state index in [1.807, 2.05) is 6.07 Å². The molecule has 3 aromatic heterocycles. The Labute approximate surface area is 275 Å². The molecule has 4 aromatic rings. The molecule has 49 heavy (non-hydrogen) atoms. The third-order valence-electron chi connectivity index (χ3n) is 9.61. The lowest BCUT2D eigenvalue weighted by atomic mass is 9.79. The van der Waals surface area contributed by atoms with Crippen molar-refractivity contribution < 1.29 is 51.2 Å². The van der Waals surface area contributed by atoms with Crippen molar-refractivity contribution in [2.75, 3.05) is 20.3 Å². The number of aromatic nitrogens is 3. The minimum Gasteiger partial charge on any atom is -0.489 e. The van der Waals surface area contributed by atoms with Crippen LogP contribution in [0.25, 0.3) is 16.8 Å². The highest BCUT2D eigenvalue weighted by molar-refractivity contribution is 5.96. The fraction of sp³-hybridized carbons (Fsp3) is 0.394. The number of hydrogen-bond acceptors (Lipinski definition) is 9. The molecule has 0 unspecified atom stereocenters. The van der Waals surface area contributed by atoms with Crippen LogP contribution < -0.4 is 30.0 Å². The van der Waals surface area contributed by atoms with Gasteiger partial charge in [0.1, 0.15) is 23.7 Å².